The third kappa shape index (κ3) is 3.56. The molecule has 2 N–H and O–H groups in total. The van der Waals surface area contributed by atoms with E-state index in [1.54, 1.807) is 0 Å². The molecular formula is C13H14N4O4. The van der Waals surface area contributed by atoms with Gasteiger partial charge in [-0.1, -0.05) is 0 Å². The van der Waals surface area contributed by atoms with Gasteiger partial charge in [0.1, 0.15) is 0 Å². The van der Waals surface area contributed by atoms with Crippen molar-refractivity contribution in [2.75, 3.05) is 0 Å². The summed E-state index contributed by atoms with van der Waals surface area (Å²) in [6.07, 6.45) is 1.27. The number of azo groups is 1. The lowest BCUT2D eigenvalue weighted by Crippen LogP contribution is -2.19. The Balaban J connectivity index is 2.10. The van der Waals surface area contributed by atoms with Gasteiger partial charge in [0, 0.05) is 18.3 Å². The number of nitrogens with zero attached hydrogens (tertiary/aromatic N) is 4. The minimum atomic E-state index is -0.781. The van der Waals surface area contributed by atoms with E-state index in [-0.39, 0.29) is 11.6 Å². The van der Waals surface area contributed by atoms with Crippen molar-refractivity contribution in [2.24, 2.45) is 10.2 Å². The maximum Gasteiger partial charge on any atom is 0.365 e. The standard InChI is InChI=1S/C13H14N4O4/c1-8(2)15-16-10-4-3-9(7-14-10)13(20)21-17-11(18)5-6-12(17)19/h3-8,18-19H,1-2H3. The first-order valence-electron chi connectivity index (χ1n) is 6.16. The fourth-order valence-corrected chi connectivity index (χ4v) is 1.37. The lowest BCUT2D eigenvalue weighted by molar-refractivity contribution is 0.0381. The van der Waals surface area contributed by atoms with Crippen molar-refractivity contribution in [1.82, 2.24) is 9.71 Å². The van der Waals surface area contributed by atoms with Crippen molar-refractivity contribution in [3.8, 4) is 11.8 Å². The number of hydrogen-bond donors (Lipinski definition) is 2. The van der Waals surface area contributed by atoms with Crippen molar-refractivity contribution in [3.63, 3.8) is 0 Å². The summed E-state index contributed by atoms with van der Waals surface area (Å²) in [5.74, 6) is -1.20. The first-order valence-corrected chi connectivity index (χ1v) is 6.16. The van der Waals surface area contributed by atoms with E-state index in [1.807, 2.05) is 13.8 Å². The van der Waals surface area contributed by atoms with Crippen LogP contribution in [0.15, 0.2) is 40.7 Å². The van der Waals surface area contributed by atoms with Crippen LogP contribution in [0, 0.1) is 0 Å². The third-order valence-corrected chi connectivity index (χ3v) is 2.35. The molecule has 0 fully saturated rings. The van der Waals surface area contributed by atoms with Crippen LogP contribution in [0.5, 0.6) is 11.8 Å². The molecule has 0 spiro atoms. The second-order valence-corrected chi connectivity index (χ2v) is 4.44. The highest BCUT2D eigenvalue weighted by molar-refractivity contribution is 5.89. The summed E-state index contributed by atoms with van der Waals surface area (Å²) in [6.45, 7) is 3.76. The number of hydrogen-bond acceptors (Lipinski definition) is 7. The van der Waals surface area contributed by atoms with Crippen LogP contribution in [0.3, 0.4) is 0 Å². The van der Waals surface area contributed by atoms with Crippen molar-refractivity contribution >= 4 is 11.8 Å². The summed E-state index contributed by atoms with van der Waals surface area (Å²) >= 11 is 0. The zero-order valence-corrected chi connectivity index (χ0v) is 11.5. The van der Waals surface area contributed by atoms with Gasteiger partial charge in [0.2, 0.25) is 11.8 Å². The van der Waals surface area contributed by atoms with Crippen molar-refractivity contribution < 1.29 is 19.8 Å². The largest absolute Gasteiger partial charge is 0.492 e. The Kier molecular flexibility index (Phi) is 4.17. The van der Waals surface area contributed by atoms with Crippen LogP contribution in [0.25, 0.3) is 0 Å². The van der Waals surface area contributed by atoms with E-state index < -0.39 is 17.7 Å². The number of pyridine rings is 1. The molecule has 0 amide bonds. The third-order valence-electron chi connectivity index (χ3n) is 2.35. The Morgan fingerprint density at radius 1 is 1.24 bits per heavy atom. The maximum atomic E-state index is 11.8. The van der Waals surface area contributed by atoms with Gasteiger partial charge in [0.15, 0.2) is 5.82 Å². The highest BCUT2D eigenvalue weighted by Crippen LogP contribution is 2.19. The Morgan fingerprint density at radius 3 is 2.43 bits per heavy atom. The highest BCUT2D eigenvalue weighted by Gasteiger charge is 2.14. The van der Waals surface area contributed by atoms with Crippen molar-refractivity contribution in [1.29, 1.82) is 0 Å². The second-order valence-electron chi connectivity index (χ2n) is 4.44. The van der Waals surface area contributed by atoms with Crippen LogP contribution < -0.4 is 4.84 Å². The molecule has 110 valence electrons. The smallest absolute Gasteiger partial charge is 0.365 e. The molecule has 8 heteroatoms. The zero-order chi connectivity index (χ0) is 15.4. The molecule has 21 heavy (non-hydrogen) atoms. The van der Waals surface area contributed by atoms with Gasteiger partial charge in [-0.15, -0.1) is 9.84 Å². The minimum absolute atomic E-state index is 0.0520. The van der Waals surface area contributed by atoms with Gasteiger partial charge in [0.25, 0.3) is 0 Å². The predicted octanol–water partition coefficient (Wildman–Crippen LogP) is 2.06. The SMILES string of the molecule is CC(C)N=Nc1ccc(C(=O)On2c(O)ccc2O)cn1. The van der Waals surface area contributed by atoms with Crippen molar-refractivity contribution in [2.45, 2.75) is 19.9 Å². The zero-order valence-electron chi connectivity index (χ0n) is 11.5. The number of aromatic nitrogens is 2. The normalized spacial score (nSPS) is 11.2. The molecule has 2 aromatic heterocycles. The topological polar surface area (TPSA) is 109 Å². The van der Waals surface area contributed by atoms with Gasteiger partial charge in [-0.25, -0.2) is 9.78 Å². The van der Waals surface area contributed by atoms with Gasteiger partial charge in [-0.2, -0.15) is 5.11 Å². The molecule has 0 aliphatic carbocycles. The monoisotopic (exact) mass is 290 g/mol. The Labute approximate surface area is 120 Å². The van der Waals surface area contributed by atoms with Crippen LogP contribution in [-0.4, -0.2) is 31.9 Å². The van der Waals surface area contributed by atoms with E-state index in [1.165, 1.54) is 30.5 Å². The molecule has 0 atom stereocenters. The van der Waals surface area contributed by atoms with Crippen LogP contribution in [0.2, 0.25) is 0 Å². The summed E-state index contributed by atoms with van der Waals surface area (Å²) < 4.78 is 0.606. The fourth-order valence-electron chi connectivity index (χ4n) is 1.37. The fraction of sp³-hybridized carbons (Fsp3) is 0.231. The maximum absolute atomic E-state index is 11.8. The molecule has 0 aromatic carbocycles. The minimum Gasteiger partial charge on any atom is -0.492 e. The molecule has 0 radical (unpaired) electrons. The molecule has 0 bridgehead atoms. The lowest BCUT2D eigenvalue weighted by Gasteiger charge is -2.06. The quantitative estimate of drug-likeness (QED) is 0.837. The van der Waals surface area contributed by atoms with Gasteiger partial charge in [-0.05, 0) is 26.0 Å². The van der Waals surface area contributed by atoms with E-state index in [2.05, 4.69) is 15.2 Å². The Bertz CT molecular complexity index is 642. The molecule has 0 aliphatic heterocycles. The number of rotatable bonds is 4. The molecular weight excluding hydrogens is 276 g/mol. The lowest BCUT2D eigenvalue weighted by atomic mass is 10.3. The summed E-state index contributed by atoms with van der Waals surface area (Å²) in [6, 6.07) is 5.41. The Hall–Kier alpha value is -2.90. The first kappa shape index (κ1) is 14.5. The molecule has 0 saturated heterocycles. The number of carbonyl (C=O) groups excluding carboxylic acids is 1. The van der Waals surface area contributed by atoms with Gasteiger partial charge < -0.3 is 15.1 Å². The van der Waals surface area contributed by atoms with E-state index in [9.17, 15) is 15.0 Å². The van der Waals surface area contributed by atoms with E-state index in [0.717, 1.165) is 0 Å². The van der Waals surface area contributed by atoms with E-state index in [0.29, 0.717) is 10.5 Å². The average Bonchev–Trinajstić information content (AvgIpc) is 2.77. The van der Waals surface area contributed by atoms with Crippen LogP contribution in [0.1, 0.15) is 24.2 Å². The van der Waals surface area contributed by atoms with Crippen LogP contribution >= 0.6 is 0 Å². The van der Waals surface area contributed by atoms with Crippen LogP contribution in [-0.2, 0) is 0 Å². The molecule has 0 aliphatic rings. The molecule has 8 nitrogen and oxygen atoms in total. The molecule has 0 saturated carbocycles. The van der Waals surface area contributed by atoms with Gasteiger partial charge >= 0.3 is 5.97 Å². The van der Waals surface area contributed by atoms with Gasteiger partial charge in [0.05, 0.1) is 11.6 Å². The predicted molar refractivity (Wildman–Crippen MR) is 72.6 cm³/mol. The molecule has 2 heterocycles. The molecule has 2 aromatic rings. The first-order chi connectivity index (χ1) is 9.97. The summed E-state index contributed by atoms with van der Waals surface area (Å²) in [7, 11) is 0. The van der Waals surface area contributed by atoms with E-state index >= 15 is 0 Å². The average molecular weight is 290 g/mol. The number of carbonyl (C=O) groups is 1. The summed E-state index contributed by atoms with van der Waals surface area (Å²) in [5.41, 5.74) is 0.144. The van der Waals surface area contributed by atoms with Crippen LogP contribution in [0.4, 0.5) is 5.82 Å². The number of aromatic hydroxyl groups is 2. The van der Waals surface area contributed by atoms with E-state index in [4.69, 9.17) is 4.84 Å². The second kappa shape index (κ2) is 6.04. The van der Waals surface area contributed by atoms with Gasteiger partial charge in [-0.3, -0.25) is 0 Å². The molecule has 2 rings (SSSR count). The summed E-state index contributed by atoms with van der Waals surface area (Å²) in [4.78, 5) is 20.6. The van der Waals surface area contributed by atoms with Crippen molar-refractivity contribution in [3.05, 3.63) is 36.0 Å². The molecule has 0 unspecified atom stereocenters. The summed E-state index contributed by atoms with van der Waals surface area (Å²) in [5, 5.41) is 26.6. The highest BCUT2D eigenvalue weighted by atomic mass is 16.7. The Morgan fingerprint density at radius 2 is 1.90 bits per heavy atom.